The normalized spacial score (nSPS) is 19.5. The first-order valence-corrected chi connectivity index (χ1v) is 5.80. The molecule has 0 spiro atoms. The zero-order chi connectivity index (χ0) is 8.60. The minimum atomic E-state index is -3.12. The van der Waals surface area contributed by atoms with Gasteiger partial charge in [0.15, 0.2) is 0 Å². The average Bonchev–Trinajstić information content (AvgIpc) is 2.55. The van der Waals surface area contributed by atoms with Crippen molar-refractivity contribution in [3.63, 3.8) is 0 Å². The van der Waals surface area contributed by atoms with Crippen molar-refractivity contribution in [3.8, 4) is 0 Å². The third-order valence-corrected chi connectivity index (χ3v) is 4.09. The molecule has 0 unspecified atom stereocenters. The van der Waals surface area contributed by atoms with Gasteiger partial charge in [-0.2, -0.15) is 0 Å². The highest BCUT2D eigenvalue weighted by Gasteiger charge is 2.19. The maximum absolute atomic E-state index is 11.3. The number of thiophene rings is 1. The van der Waals surface area contributed by atoms with Crippen LogP contribution in [-0.4, -0.2) is 8.42 Å². The molecule has 0 atom stereocenters. The van der Waals surface area contributed by atoms with Crippen LogP contribution in [-0.2, 0) is 9.84 Å². The first kappa shape index (κ1) is 7.76. The van der Waals surface area contributed by atoms with E-state index in [0.29, 0.717) is 4.91 Å². The van der Waals surface area contributed by atoms with Gasteiger partial charge < -0.3 is 0 Å². The smallest absolute Gasteiger partial charge is 0.201 e. The lowest BCUT2D eigenvalue weighted by atomic mass is 10.4. The van der Waals surface area contributed by atoms with Gasteiger partial charge >= 0.3 is 0 Å². The second-order valence-corrected chi connectivity index (χ2v) is 5.13. The summed E-state index contributed by atoms with van der Waals surface area (Å²) in [5.41, 5.74) is 0. The van der Waals surface area contributed by atoms with Crippen LogP contribution in [0.1, 0.15) is 4.88 Å². The van der Waals surface area contributed by atoms with Crippen molar-refractivity contribution >= 4 is 26.1 Å². The first-order valence-electron chi connectivity index (χ1n) is 3.37. The van der Waals surface area contributed by atoms with E-state index in [4.69, 9.17) is 0 Å². The molecule has 1 aromatic rings. The molecule has 2 rings (SSSR count). The third-order valence-electron chi connectivity index (χ3n) is 1.58. The van der Waals surface area contributed by atoms with Crippen molar-refractivity contribution in [2.24, 2.45) is 0 Å². The molecule has 12 heavy (non-hydrogen) atoms. The van der Waals surface area contributed by atoms with Crippen LogP contribution in [0, 0.1) is 0 Å². The van der Waals surface area contributed by atoms with Crippen molar-refractivity contribution in [1.82, 2.24) is 0 Å². The van der Waals surface area contributed by atoms with Crippen LogP contribution >= 0.6 is 11.3 Å². The fraction of sp³-hybridized carbons (Fsp3) is 0. The summed E-state index contributed by atoms with van der Waals surface area (Å²) in [5, 5.41) is 3.09. The van der Waals surface area contributed by atoms with Crippen LogP contribution in [0.15, 0.2) is 35.1 Å². The number of allylic oxidation sites excluding steroid dienone is 2. The molecular weight excluding hydrogens is 192 g/mol. The Kier molecular flexibility index (Phi) is 1.66. The number of hydrogen-bond donors (Lipinski definition) is 0. The highest BCUT2D eigenvalue weighted by molar-refractivity contribution is 8.03. The molecule has 0 saturated carbocycles. The quantitative estimate of drug-likeness (QED) is 0.692. The number of sulfone groups is 1. The lowest BCUT2D eigenvalue weighted by molar-refractivity contribution is 0.614. The molecule has 0 aromatic carbocycles. The molecule has 0 saturated heterocycles. The van der Waals surface area contributed by atoms with Crippen LogP contribution in [0.25, 0.3) is 4.91 Å². The molecular formula is C8H6O2S2. The van der Waals surface area contributed by atoms with Crippen LogP contribution in [0.5, 0.6) is 0 Å². The Balaban J connectivity index is 2.54. The standard InChI is InChI=1S/C8H6O2S2/c9-12(10)6-2-4-8(12)7-3-1-5-11-7/h1-6H. The van der Waals surface area contributed by atoms with E-state index in [1.54, 1.807) is 18.2 Å². The average molecular weight is 198 g/mol. The largest absolute Gasteiger partial charge is 0.219 e. The first-order chi connectivity index (χ1) is 5.70. The van der Waals surface area contributed by atoms with Crippen molar-refractivity contribution in [3.05, 3.63) is 40.0 Å². The van der Waals surface area contributed by atoms with Crippen LogP contribution in [0.4, 0.5) is 0 Å². The summed E-state index contributed by atoms with van der Waals surface area (Å²) in [6.45, 7) is 0. The molecule has 1 aliphatic heterocycles. The van der Waals surface area contributed by atoms with E-state index in [9.17, 15) is 8.42 Å². The molecule has 1 aliphatic rings. The molecule has 2 heterocycles. The summed E-state index contributed by atoms with van der Waals surface area (Å²) >= 11 is 1.44. The SMILES string of the molecule is O=S1(=O)C=CC=C1c1cccs1. The molecule has 0 amide bonds. The maximum atomic E-state index is 11.3. The van der Waals surface area contributed by atoms with Crippen LogP contribution in [0.2, 0.25) is 0 Å². The van der Waals surface area contributed by atoms with Crippen molar-refractivity contribution in [2.75, 3.05) is 0 Å². The van der Waals surface area contributed by atoms with E-state index in [1.807, 2.05) is 11.4 Å². The van der Waals surface area contributed by atoms with Crippen molar-refractivity contribution in [2.45, 2.75) is 0 Å². The van der Waals surface area contributed by atoms with Gasteiger partial charge in [-0.15, -0.1) is 11.3 Å². The fourth-order valence-electron chi connectivity index (χ4n) is 1.04. The zero-order valence-electron chi connectivity index (χ0n) is 6.10. The Labute approximate surface area is 74.8 Å². The predicted octanol–water partition coefficient (Wildman–Crippen LogP) is 2.03. The molecule has 4 heteroatoms. The summed E-state index contributed by atoms with van der Waals surface area (Å²) in [6, 6.07) is 3.65. The minimum absolute atomic E-state index is 0.414. The zero-order valence-corrected chi connectivity index (χ0v) is 7.73. The number of rotatable bonds is 1. The van der Waals surface area contributed by atoms with Gasteiger partial charge in [-0.05, 0) is 23.6 Å². The molecule has 62 valence electrons. The monoisotopic (exact) mass is 198 g/mol. The van der Waals surface area contributed by atoms with E-state index < -0.39 is 9.84 Å². The molecule has 0 fully saturated rings. The Morgan fingerprint density at radius 1 is 1.33 bits per heavy atom. The van der Waals surface area contributed by atoms with Crippen molar-refractivity contribution < 1.29 is 8.42 Å². The minimum Gasteiger partial charge on any atom is -0.219 e. The topological polar surface area (TPSA) is 34.1 Å². The van der Waals surface area contributed by atoms with E-state index in [1.165, 1.54) is 16.7 Å². The van der Waals surface area contributed by atoms with E-state index in [-0.39, 0.29) is 0 Å². The molecule has 0 bridgehead atoms. The maximum Gasteiger partial charge on any atom is 0.201 e. The van der Waals surface area contributed by atoms with E-state index >= 15 is 0 Å². The third kappa shape index (κ3) is 1.13. The van der Waals surface area contributed by atoms with Gasteiger partial charge in [-0.3, -0.25) is 0 Å². The molecule has 0 aliphatic carbocycles. The highest BCUT2D eigenvalue weighted by atomic mass is 32.2. The van der Waals surface area contributed by atoms with Crippen LogP contribution in [0.3, 0.4) is 0 Å². The summed E-state index contributed by atoms with van der Waals surface area (Å²) in [7, 11) is -3.12. The Morgan fingerprint density at radius 3 is 2.67 bits per heavy atom. The molecule has 0 N–H and O–H groups in total. The van der Waals surface area contributed by atoms with Gasteiger partial charge in [0.1, 0.15) is 0 Å². The Hall–Kier alpha value is -0.870. The summed E-state index contributed by atoms with van der Waals surface area (Å²) in [6.07, 6.45) is 3.19. The highest BCUT2D eigenvalue weighted by Crippen LogP contribution is 2.29. The Bertz CT molecular complexity index is 435. The summed E-state index contributed by atoms with van der Waals surface area (Å²) in [5.74, 6) is 0. The van der Waals surface area contributed by atoms with Crippen LogP contribution < -0.4 is 0 Å². The van der Waals surface area contributed by atoms with E-state index in [2.05, 4.69) is 0 Å². The van der Waals surface area contributed by atoms with Crippen molar-refractivity contribution in [1.29, 1.82) is 0 Å². The van der Waals surface area contributed by atoms with Gasteiger partial charge in [0, 0.05) is 10.3 Å². The molecule has 1 aromatic heterocycles. The fourth-order valence-corrected chi connectivity index (χ4v) is 3.23. The second kappa shape index (κ2) is 2.57. The van der Waals surface area contributed by atoms with Gasteiger partial charge in [-0.25, -0.2) is 8.42 Å². The van der Waals surface area contributed by atoms with Gasteiger partial charge in [0.25, 0.3) is 0 Å². The second-order valence-electron chi connectivity index (χ2n) is 2.38. The molecule has 0 radical (unpaired) electrons. The number of hydrogen-bond acceptors (Lipinski definition) is 3. The van der Waals surface area contributed by atoms with Gasteiger partial charge in [-0.1, -0.05) is 6.07 Å². The lowest BCUT2D eigenvalue weighted by Crippen LogP contribution is -1.92. The Morgan fingerprint density at radius 2 is 2.17 bits per heavy atom. The van der Waals surface area contributed by atoms with E-state index in [0.717, 1.165) is 4.88 Å². The van der Waals surface area contributed by atoms with Gasteiger partial charge in [0.2, 0.25) is 9.84 Å². The molecule has 2 nitrogen and oxygen atoms in total. The summed E-state index contributed by atoms with van der Waals surface area (Å²) in [4.78, 5) is 1.22. The lowest BCUT2D eigenvalue weighted by Gasteiger charge is -1.95. The predicted molar refractivity (Wildman–Crippen MR) is 50.4 cm³/mol. The summed E-state index contributed by atoms with van der Waals surface area (Å²) < 4.78 is 22.6. The van der Waals surface area contributed by atoms with Gasteiger partial charge in [0.05, 0.1) is 4.91 Å².